The molecule has 1 heterocycles. The van der Waals surface area contributed by atoms with Crippen molar-refractivity contribution in [2.75, 3.05) is 19.6 Å². The molecule has 3 amide bonds. The van der Waals surface area contributed by atoms with Gasteiger partial charge in [-0.05, 0) is 25.2 Å². The van der Waals surface area contributed by atoms with Crippen molar-refractivity contribution in [2.24, 2.45) is 11.7 Å². The minimum absolute atomic E-state index is 0.229. The van der Waals surface area contributed by atoms with Crippen LogP contribution in [0.15, 0.2) is 0 Å². The molecule has 0 aromatic heterocycles. The Kier molecular flexibility index (Phi) is 7.63. The van der Waals surface area contributed by atoms with Crippen LogP contribution in [0.1, 0.15) is 33.1 Å². The van der Waals surface area contributed by atoms with Crippen molar-refractivity contribution in [2.45, 2.75) is 45.2 Å². The van der Waals surface area contributed by atoms with Gasteiger partial charge in [-0.1, -0.05) is 13.8 Å². The molecule has 136 valence electrons. The van der Waals surface area contributed by atoms with E-state index in [0.717, 1.165) is 0 Å². The molecule has 0 radical (unpaired) electrons. The summed E-state index contributed by atoms with van der Waals surface area (Å²) < 4.78 is 0. The van der Waals surface area contributed by atoms with Crippen LogP contribution in [0, 0.1) is 5.92 Å². The highest BCUT2D eigenvalue weighted by Crippen LogP contribution is 2.17. The van der Waals surface area contributed by atoms with Crippen LogP contribution in [-0.2, 0) is 19.2 Å². The molecule has 0 saturated carbocycles. The average Bonchev–Trinajstić information content (AvgIpc) is 2.98. The van der Waals surface area contributed by atoms with Crippen molar-refractivity contribution in [3.63, 3.8) is 0 Å². The maximum Gasteiger partial charge on any atom is 0.322 e. The molecule has 9 heteroatoms. The van der Waals surface area contributed by atoms with Crippen LogP contribution in [0.3, 0.4) is 0 Å². The highest BCUT2D eigenvalue weighted by molar-refractivity contribution is 5.92. The van der Waals surface area contributed by atoms with Crippen molar-refractivity contribution >= 4 is 23.7 Å². The number of carbonyl (C=O) groups is 4. The quantitative estimate of drug-likeness (QED) is 0.430. The second-order valence-corrected chi connectivity index (χ2v) is 6.31. The summed E-state index contributed by atoms with van der Waals surface area (Å²) in [6, 6.07) is -1.37. The van der Waals surface area contributed by atoms with Gasteiger partial charge in [0.2, 0.25) is 17.7 Å². The first-order chi connectivity index (χ1) is 11.2. The van der Waals surface area contributed by atoms with E-state index in [2.05, 4.69) is 10.6 Å². The summed E-state index contributed by atoms with van der Waals surface area (Å²) in [5.74, 6) is -2.16. The first-order valence-electron chi connectivity index (χ1n) is 8.04. The Morgan fingerprint density at radius 1 is 1.21 bits per heavy atom. The Balaban J connectivity index is 2.49. The summed E-state index contributed by atoms with van der Waals surface area (Å²) in [5.41, 5.74) is 5.74. The number of carboxylic acids is 1. The molecule has 24 heavy (non-hydrogen) atoms. The van der Waals surface area contributed by atoms with E-state index < -0.39 is 36.4 Å². The van der Waals surface area contributed by atoms with Crippen LogP contribution in [0.2, 0.25) is 0 Å². The molecule has 9 nitrogen and oxygen atoms in total. The van der Waals surface area contributed by atoms with Crippen LogP contribution in [0.5, 0.6) is 0 Å². The smallest absolute Gasteiger partial charge is 0.322 e. The zero-order chi connectivity index (χ0) is 18.3. The normalized spacial score (nSPS) is 18.3. The van der Waals surface area contributed by atoms with Crippen LogP contribution in [-0.4, -0.2) is 65.4 Å². The minimum atomic E-state index is -1.15. The number of nitrogens with zero attached hydrogens (tertiary/aromatic N) is 1. The van der Waals surface area contributed by atoms with Crippen molar-refractivity contribution in [1.29, 1.82) is 0 Å². The lowest BCUT2D eigenvalue weighted by molar-refractivity contribution is -0.141. The van der Waals surface area contributed by atoms with Gasteiger partial charge in [-0.15, -0.1) is 0 Å². The highest BCUT2D eigenvalue weighted by atomic mass is 16.4. The second kappa shape index (κ2) is 9.21. The summed E-state index contributed by atoms with van der Waals surface area (Å²) in [7, 11) is 0. The van der Waals surface area contributed by atoms with Crippen molar-refractivity contribution < 1.29 is 24.3 Å². The second-order valence-electron chi connectivity index (χ2n) is 6.31. The molecule has 2 atom stereocenters. The third-order valence-electron chi connectivity index (χ3n) is 3.77. The number of nitrogens with one attached hydrogen (secondary N) is 2. The summed E-state index contributed by atoms with van der Waals surface area (Å²) in [4.78, 5) is 47.9. The molecule has 1 aliphatic rings. The first kappa shape index (κ1) is 19.9. The number of hydrogen-bond donors (Lipinski definition) is 4. The number of hydrogen-bond acceptors (Lipinski definition) is 5. The Morgan fingerprint density at radius 3 is 2.46 bits per heavy atom. The Hall–Kier alpha value is -2.16. The van der Waals surface area contributed by atoms with Crippen LogP contribution < -0.4 is 16.4 Å². The number of rotatable bonds is 8. The number of aliphatic carboxylic acids is 1. The lowest BCUT2D eigenvalue weighted by Gasteiger charge is -2.24. The summed E-state index contributed by atoms with van der Waals surface area (Å²) in [5, 5.41) is 13.4. The van der Waals surface area contributed by atoms with E-state index in [4.69, 9.17) is 10.8 Å². The lowest BCUT2D eigenvalue weighted by Crippen LogP contribution is -2.51. The lowest BCUT2D eigenvalue weighted by atomic mass is 10.0. The van der Waals surface area contributed by atoms with E-state index in [1.165, 1.54) is 4.90 Å². The largest absolute Gasteiger partial charge is 0.480 e. The molecule has 1 fully saturated rings. The van der Waals surface area contributed by atoms with Gasteiger partial charge in [0.05, 0.1) is 12.6 Å². The van der Waals surface area contributed by atoms with Gasteiger partial charge in [-0.3, -0.25) is 19.2 Å². The fraction of sp³-hybridized carbons (Fsp3) is 0.733. The van der Waals surface area contributed by atoms with Gasteiger partial charge in [0.15, 0.2) is 0 Å². The van der Waals surface area contributed by atoms with E-state index in [-0.39, 0.29) is 18.4 Å². The molecule has 0 aromatic carbocycles. The number of carboxylic acid groups (broad SMARTS) is 1. The summed E-state index contributed by atoms with van der Waals surface area (Å²) in [6.45, 7) is 3.58. The van der Waals surface area contributed by atoms with E-state index in [1.807, 2.05) is 13.8 Å². The predicted molar refractivity (Wildman–Crippen MR) is 85.8 cm³/mol. The maximum absolute atomic E-state index is 12.2. The number of nitrogens with two attached hydrogens (primary N) is 1. The molecule has 1 saturated heterocycles. The van der Waals surface area contributed by atoms with E-state index in [9.17, 15) is 19.2 Å². The fourth-order valence-corrected chi connectivity index (χ4v) is 2.63. The Morgan fingerprint density at radius 2 is 1.88 bits per heavy atom. The molecule has 0 spiro atoms. The molecule has 0 aromatic rings. The van der Waals surface area contributed by atoms with Crippen molar-refractivity contribution in [1.82, 2.24) is 15.5 Å². The Bertz CT molecular complexity index is 494. The highest BCUT2D eigenvalue weighted by Gasteiger charge is 2.34. The van der Waals surface area contributed by atoms with E-state index in [0.29, 0.717) is 25.8 Å². The molecular weight excluding hydrogens is 316 g/mol. The number of amides is 3. The van der Waals surface area contributed by atoms with Crippen LogP contribution >= 0.6 is 0 Å². The van der Waals surface area contributed by atoms with Gasteiger partial charge in [0.1, 0.15) is 12.6 Å². The maximum atomic E-state index is 12.2. The molecular formula is C15H26N4O5. The van der Waals surface area contributed by atoms with E-state index >= 15 is 0 Å². The standard InChI is InChI=1S/C15H26N4O5/c1-9(2)6-10(16)14(23)17-7-12(20)19-5-3-4-11(19)15(24)18-8-13(21)22/h9-11H,3-8,16H2,1-2H3,(H,17,23)(H,18,24)(H,21,22). The third kappa shape index (κ3) is 6.15. The average molecular weight is 342 g/mol. The Labute approximate surface area is 140 Å². The van der Waals surface area contributed by atoms with Gasteiger partial charge < -0.3 is 26.4 Å². The van der Waals surface area contributed by atoms with Gasteiger partial charge in [0.25, 0.3) is 0 Å². The zero-order valence-electron chi connectivity index (χ0n) is 14.1. The minimum Gasteiger partial charge on any atom is -0.480 e. The van der Waals surface area contributed by atoms with Crippen LogP contribution in [0.25, 0.3) is 0 Å². The summed E-state index contributed by atoms with van der Waals surface area (Å²) >= 11 is 0. The van der Waals surface area contributed by atoms with Gasteiger partial charge in [-0.25, -0.2) is 0 Å². The molecule has 1 rings (SSSR count). The van der Waals surface area contributed by atoms with Crippen LogP contribution in [0.4, 0.5) is 0 Å². The topological polar surface area (TPSA) is 142 Å². The third-order valence-corrected chi connectivity index (χ3v) is 3.77. The molecule has 0 aliphatic carbocycles. The van der Waals surface area contributed by atoms with Gasteiger partial charge >= 0.3 is 5.97 Å². The molecule has 1 aliphatic heterocycles. The monoisotopic (exact) mass is 342 g/mol. The molecule has 2 unspecified atom stereocenters. The first-order valence-corrected chi connectivity index (χ1v) is 8.04. The fourth-order valence-electron chi connectivity index (χ4n) is 2.63. The van der Waals surface area contributed by atoms with Gasteiger partial charge in [-0.2, -0.15) is 0 Å². The molecule has 5 N–H and O–H groups in total. The van der Waals surface area contributed by atoms with Gasteiger partial charge in [0, 0.05) is 6.54 Å². The van der Waals surface area contributed by atoms with Crippen molar-refractivity contribution in [3.05, 3.63) is 0 Å². The SMILES string of the molecule is CC(C)CC(N)C(=O)NCC(=O)N1CCCC1C(=O)NCC(=O)O. The van der Waals surface area contributed by atoms with E-state index in [1.54, 1.807) is 0 Å². The number of carbonyl (C=O) groups excluding carboxylic acids is 3. The zero-order valence-corrected chi connectivity index (χ0v) is 14.1. The predicted octanol–water partition coefficient (Wildman–Crippen LogP) is -1.33. The molecule has 0 bridgehead atoms. The number of likely N-dealkylation sites (tertiary alicyclic amines) is 1. The summed E-state index contributed by atoms with van der Waals surface area (Å²) in [6.07, 6.45) is 1.64. The van der Waals surface area contributed by atoms with Crippen molar-refractivity contribution in [3.8, 4) is 0 Å².